The van der Waals surface area contributed by atoms with Crippen molar-refractivity contribution >= 4 is 17.9 Å². The van der Waals surface area contributed by atoms with E-state index in [1.54, 1.807) is 0 Å². The van der Waals surface area contributed by atoms with Crippen LogP contribution in [0.1, 0.15) is 32.6 Å². The van der Waals surface area contributed by atoms with E-state index >= 15 is 0 Å². The van der Waals surface area contributed by atoms with Gasteiger partial charge in [0.2, 0.25) is 5.91 Å². The topological polar surface area (TPSA) is 113 Å². The maximum absolute atomic E-state index is 11.9. The molecule has 0 aromatic heterocycles. The quantitative estimate of drug-likeness (QED) is 0.675. The van der Waals surface area contributed by atoms with Crippen LogP contribution in [0.2, 0.25) is 0 Å². The van der Waals surface area contributed by atoms with Crippen molar-refractivity contribution in [2.45, 2.75) is 38.1 Å². The number of hydrogen-bond donors (Lipinski definition) is 3. The van der Waals surface area contributed by atoms with E-state index in [0.29, 0.717) is 12.8 Å². The lowest BCUT2D eigenvalue weighted by Gasteiger charge is -2.37. The van der Waals surface area contributed by atoms with Gasteiger partial charge >= 0.3 is 12.0 Å². The van der Waals surface area contributed by atoms with Crippen LogP contribution in [0.5, 0.6) is 0 Å². The van der Waals surface area contributed by atoms with Gasteiger partial charge in [-0.1, -0.05) is 19.8 Å². The Morgan fingerprint density at radius 1 is 1.47 bits per heavy atom. The SMILES string of the molecule is CC1CCCC(NC(=O)N(C)CC(N)=O)(C(=O)O)C1. The monoisotopic (exact) mass is 271 g/mol. The van der Waals surface area contributed by atoms with Gasteiger partial charge in [-0.15, -0.1) is 0 Å². The molecule has 0 heterocycles. The van der Waals surface area contributed by atoms with E-state index in [0.717, 1.165) is 17.7 Å². The lowest BCUT2D eigenvalue weighted by Crippen LogP contribution is -2.59. The number of rotatable bonds is 4. The second kappa shape index (κ2) is 5.90. The van der Waals surface area contributed by atoms with Gasteiger partial charge in [0.25, 0.3) is 0 Å². The van der Waals surface area contributed by atoms with Crippen molar-refractivity contribution in [1.29, 1.82) is 0 Å². The summed E-state index contributed by atoms with van der Waals surface area (Å²) in [6, 6.07) is -0.588. The summed E-state index contributed by atoms with van der Waals surface area (Å²) in [4.78, 5) is 35.2. The summed E-state index contributed by atoms with van der Waals surface area (Å²) in [5, 5.41) is 11.9. The minimum Gasteiger partial charge on any atom is -0.480 e. The van der Waals surface area contributed by atoms with Crippen molar-refractivity contribution < 1.29 is 19.5 Å². The van der Waals surface area contributed by atoms with Crippen LogP contribution >= 0.6 is 0 Å². The first-order valence-electron chi connectivity index (χ1n) is 6.32. The van der Waals surface area contributed by atoms with Crippen LogP contribution in [0.3, 0.4) is 0 Å². The average molecular weight is 271 g/mol. The zero-order valence-corrected chi connectivity index (χ0v) is 11.3. The van der Waals surface area contributed by atoms with E-state index in [4.69, 9.17) is 5.73 Å². The molecule has 0 aromatic rings. The molecule has 1 aliphatic carbocycles. The smallest absolute Gasteiger partial charge is 0.329 e. The van der Waals surface area contributed by atoms with Crippen molar-refractivity contribution in [3.63, 3.8) is 0 Å². The van der Waals surface area contributed by atoms with Crippen LogP contribution < -0.4 is 11.1 Å². The van der Waals surface area contributed by atoms with Gasteiger partial charge in [0.1, 0.15) is 12.1 Å². The number of nitrogens with two attached hydrogens (primary N) is 1. The molecule has 0 bridgehead atoms. The summed E-state index contributed by atoms with van der Waals surface area (Å²) in [6.07, 6.45) is 2.52. The van der Waals surface area contributed by atoms with Gasteiger partial charge < -0.3 is 21.1 Å². The minimum atomic E-state index is -1.24. The number of likely N-dealkylation sites (N-methyl/N-ethyl adjacent to an activating group) is 1. The molecule has 19 heavy (non-hydrogen) atoms. The Bertz CT molecular complexity index is 385. The molecule has 1 aliphatic rings. The third kappa shape index (κ3) is 3.84. The third-order valence-corrected chi connectivity index (χ3v) is 3.49. The fourth-order valence-corrected chi connectivity index (χ4v) is 2.52. The molecule has 1 rings (SSSR count). The second-order valence-corrected chi connectivity index (χ2v) is 5.34. The molecule has 1 saturated carbocycles. The number of carbonyl (C=O) groups excluding carboxylic acids is 2. The summed E-state index contributed by atoms with van der Waals surface area (Å²) >= 11 is 0. The number of carboxylic acids is 1. The van der Waals surface area contributed by atoms with Crippen LogP contribution in [0.25, 0.3) is 0 Å². The first kappa shape index (κ1) is 15.3. The normalized spacial score (nSPS) is 26.5. The summed E-state index contributed by atoms with van der Waals surface area (Å²) < 4.78 is 0. The maximum Gasteiger partial charge on any atom is 0.329 e. The zero-order chi connectivity index (χ0) is 14.6. The minimum absolute atomic E-state index is 0.239. The van der Waals surface area contributed by atoms with Crippen molar-refractivity contribution in [2.75, 3.05) is 13.6 Å². The number of carbonyl (C=O) groups is 3. The van der Waals surface area contributed by atoms with Crippen LogP contribution in [-0.4, -0.2) is 47.0 Å². The van der Waals surface area contributed by atoms with Gasteiger partial charge in [0.15, 0.2) is 0 Å². The molecule has 0 spiro atoms. The number of amides is 3. The molecule has 0 radical (unpaired) electrons. The highest BCUT2D eigenvalue weighted by atomic mass is 16.4. The molecule has 7 heteroatoms. The Morgan fingerprint density at radius 2 is 2.11 bits per heavy atom. The lowest BCUT2D eigenvalue weighted by molar-refractivity contribution is -0.146. The molecule has 3 amide bonds. The van der Waals surface area contributed by atoms with Gasteiger partial charge in [0.05, 0.1) is 0 Å². The predicted octanol–water partition coefficient (Wildman–Crippen LogP) is 0.147. The van der Waals surface area contributed by atoms with Crippen LogP contribution in [0, 0.1) is 5.92 Å². The molecule has 1 fully saturated rings. The van der Waals surface area contributed by atoms with Crippen molar-refractivity contribution in [1.82, 2.24) is 10.2 Å². The summed E-state index contributed by atoms with van der Waals surface area (Å²) in [5.74, 6) is -1.43. The molecular formula is C12H21N3O4. The Morgan fingerprint density at radius 3 is 2.58 bits per heavy atom. The van der Waals surface area contributed by atoms with E-state index < -0.39 is 23.4 Å². The third-order valence-electron chi connectivity index (χ3n) is 3.49. The van der Waals surface area contributed by atoms with Gasteiger partial charge in [-0.2, -0.15) is 0 Å². The van der Waals surface area contributed by atoms with Gasteiger partial charge in [-0.05, 0) is 18.8 Å². The van der Waals surface area contributed by atoms with Crippen molar-refractivity contribution in [3.8, 4) is 0 Å². The highest BCUT2D eigenvalue weighted by Crippen LogP contribution is 2.32. The zero-order valence-electron chi connectivity index (χ0n) is 11.3. The number of nitrogens with one attached hydrogen (secondary N) is 1. The van der Waals surface area contributed by atoms with E-state index in [9.17, 15) is 19.5 Å². The molecule has 4 N–H and O–H groups in total. The van der Waals surface area contributed by atoms with E-state index in [2.05, 4.69) is 5.32 Å². The predicted molar refractivity (Wildman–Crippen MR) is 68.4 cm³/mol. The standard InChI is InChI=1S/C12H21N3O4/c1-8-4-3-5-12(6-8,10(17)18)14-11(19)15(2)7-9(13)16/h8H,3-7H2,1-2H3,(H2,13,16)(H,14,19)(H,17,18). The Labute approximate surface area is 112 Å². The number of nitrogens with zero attached hydrogens (tertiary/aromatic N) is 1. The highest BCUT2D eigenvalue weighted by molar-refractivity contribution is 5.88. The van der Waals surface area contributed by atoms with E-state index in [1.807, 2.05) is 6.92 Å². The number of aliphatic carboxylic acids is 1. The Kier molecular flexibility index (Phi) is 4.74. The van der Waals surface area contributed by atoms with E-state index in [-0.39, 0.29) is 12.5 Å². The van der Waals surface area contributed by atoms with E-state index in [1.165, 1.54) is 7.05 Å². The first-order valence-corrected chi connectivity index (χ1v) is 6.32. The maximum atomic E-state index is 11.9. The molecule has 7 nitrogen and oxygen atoms in total. The molecule has 2 unspecified atom stereocenters. The second-order valence-electron chi connectivity index (χ2n) is 5.34. The first-order chi connectivity index (χ1) is 8.77. The molecule has 108 valence electrons. The summed E-state index contributed by atoms with van der Waals surface area (Å²) in [5.41, 5.74) is 3.77. The number of urea groups is 1. The highest BCUT2D eigenvalue weighted by Gasteiger charge is 2.43. The van der Waals surface area contributed by atoms with Crippen LogP contribution in [-0.2, 0) is 9.59 Å². The number of carboxylic acid groups (broad SMARTS) is 1. The molecule has 2 atom stereocenters. The fourth-order valence-electron chi connectivity index (χ4n) is 2.52. The summed E-state index contributed by atoms with van der Waals surface area (Å²) in [7, 11) is 1.40. The Balaban J connectivity index is 2.76. The van der Waals surface area contributed by atoms with Gasteiger partial charge in [0, 0.05) is 7.05 Å². The summed E-state index contributed by atoms with van der Waals surface area (Å²) in [6.45, 7) is 1.73. The lowest BCUT2D eigenvalue weighted by atomic mass is 9.76. The molecular weight excluding hydrogens is 250 g/mol. The largest absolute Gasteiger partial charge is 0.480 e. The Hall–Kier alpha value is -1.79. The van der Waals surface area contributed by atoms with Crippen LogP contribution in [0.4, 0.5) is 4.79 Å². The van der Waals surface area contributed by atoms with Gasteiger partial charge in [-0.3, -0.25) is 4.79 Å². The fraction of sp³-hybridized carbons (Fsp3) is 0.750. The number of hydrogen-bond acceptors (Lipinski definition) is 3. The molecule has 0 aromatic carbocycles. The average Bonchev–Trinajstić information content (AvgIpc) is 2.27. The van der Waals surface area contributed by atoms with Gasteiger partial charge in [-0.25, -0.2) is 9.59 Å². The molecule has 0 saturated heterocycles. The molecule has 0 aliphatic heterocycles. The van der Waals surface area contributed by atoms with Crippen molar-refractivity contribution in [2.24, 2.45) is 11.7 Å². The number of primary amides is 1. The van der Waals surface area contributed by atoms with Crippen LogP contribution in [0.15, 0.2) is 0 Å². The van der Waals surface area contributed by atoms with Crippen molar-refractivity contribution in [3.05, 3.63) is 0 Å².